The van der Waals surface area contributed by atoms with Crippen LogP contribution >= 0.6 is 11.6 Å². The van der Waals surface area contributed by atoms with Gasteiger partial charge in [-0.05, 0) is 42.5 Å². The number of aromatic nitrogens is 5. The topological polar surface area (TPSA) is 81.6 Å². The molecule has 0 amide bonds. The predicted molar refractivity (Wildman–Crippen MR) is 102 cm³/mol. The fourth-order valence-corrected chi connectivity index (χ4v) is 3.54. The molecule has 29 heavy (non-hydrogen) atoms. The lowest BCUT2D eigenvalue weighted by Gasteiger charge is -2.09. The third-order valence-corrected chi connectivity index (χ3v) is 5.00. The molecule has 0 spiro atoms. The second kappa shape index (κ2) is 6.72. The van der Waals surface area contributed by atoms with Gasteiger partial charge < -0.3 is 4.74 Å². The van der Waals surface area contributed by atoms with Crippen LogP contribution in [0.1, 0.15) is 22.8 Å². The van der Waals surface area contributed by atoms with Gasteiger partial charge >= 0.3 is 0 Å². The van der Waals surface area contributed by atoms with Crippen molar-refractivity contribution in [3.8, 4) is 23.2 Å². The van der Waals surface area contributed by atoms with Crippen molar-refractivity contribution in [2.75, 3.05) is 0 Å². The molecular weight excluding hydrogens is 395 g/mol. The van der Waals surface area contributed by atoms with Gasteiger partial charge in [0.1, 0.15) is 36.3 Å². The van der Waals surface area contributed by atoms with E-state index < -0.39 is 0 Å². The zero-order chi connectivity index (χ0) is 20.0. The molecule has 0 N–H and O–H groups in total. The van der Waals surface area contributed by atoms with Gasteiger partial charge in [-0.2, -0.15) is 5.26 Å². The Morgan fingerprint density at radius 1 is 1.14 bits per heavy atom. The number of imidazole rings is 1. The van der Waals surface area contributed by atoms with Crippen LogP contribution in [0.2, 0.25) is 5.02 Å². The zero-order valence-corrected chi connectivity index (χ0v) is 15.6. The highest BCUT2D eigenvalue weighted by molar-refractivity contribution is 6.30. The third-order valence-electron chi connectivity index (χ3n) is 4.77. The highest BCUT2D eigenvalue weighted by Crippen LogP contribution is 2.31. The van der Waals surface area contributed by atoms with Crippen molar-refractivity contribution in [1.82, 2.24) is 24.5 Å². The van der Waals surface area contributed by atoms with Crippen molar-refractivity contribution in [2.24, 2.45) is 0 Å². The predicted octanol–water partition coefficient (Wildman–Crippen LogP) is 3.60. The maximum absolute atomic E-state index is 13.1. The minimum absolute atomic E-state index is 0.146. The Balaban J connectivity index is 1.60. The molecule has 0 saturated carbocycles. The Morgan fingerprint density at radius 3 is 2.76 bits per heavy atom. The molecule has 1 aliphatic heterocycles. The Hall–Kier alpha value is -3.70. The SMILES string of the molecule is N#Cc1ncn2c1Cc1c(COc3ccc(F)cc3)nnn1-c1cc(Cl)ccc1-2. The van der Waals surface area contributed by atoms with Gasteiger partial charge in [0.25, 0.3) is 0 Å². The number of fused-ring (bicyclic) bond motifs is 5. The van der Waals surface area contributed by atoms with Crippen LogP contribution in [-0.4, -0.2) is 24.5 Å². The lowest BCUT2D eigenvalue weighted by molar-refractivity contribution is 0.299. The normalized spacial score (nSPS) is 11.8. The Morgan fingerprint density at radius 2 is 1.97 bits per heavy atom. The van der Waals surface area contributed by atoms with Gasteiger partial charge in [0.15, 0.2) is 5.69 Å². The molecule has 0 saturated heterocycles. The molecular formula is C20H12ClFN6O. The molecule has 9 heteroatoms. The second-order valence-corrected chi connectivity index (χ2v) is 6.91. The van der Waals surface area contributed by atoms with Crippen molar-refractivity contribution in [2.45, 2.75) is 13.0 Å². The van der Waals surface area contributed by atoms with Crippen LogP contribution in [0.15, 0.2) is 48.8 Å². The van der Waals surface area contributed by atoms with Crippen LogP contribution in [-0.2, 0) is 13.0 Å². The lowest BCUT2D eigenvalue weighted by Crippen LogP contribution is -2.05. The number of nitrogens with zero attached hydrogens (tertiary/aromatic N) is 6. The number of rotatable bonds is 3. The van der Waals surface area contributed by atoms with E-state index in [4.69, 9.17) is 16.3 Å². The fraction of sp³-hybridized carbons (Fsp3) is 0.100. The number of hydrogen-bond donors (Lipinski definition) is 0. The molecule has 2 aromatic carbocycles. The van der Waals surface area contributed by atoms with Crippen LogP contribution in [0, 0.1) is 17.1 Å². The Kier molecular flexibility index (Phi) is 4.03. The largest absolute Gasteiger partial charge is 0.487 e. The van der Waals surface area contributed by atoms with Crippen LogP contribution in [0.3, 0.4) is 0 Å². The van der Waals surface area contributed by atoms with E-state index in [1.165, 1.54) is 12.1 Å². The summed E-state index contributed by atoms with van der Waals surface area (Å²) in [5, 5.41) is 18.6. The highest BCUT2D eigenvalue weighted by Gasteiger charge is 2.26. The molecule has 0 aliphatic carbocycles. The highest BCUT2D eigenvalue weighted by atomic mass is 35.5. The van der Waals surface area contributed by atoms with Crippen LogP contribution in [0.5, 0.6) is 5.75 Å². The maximum Gasteiger partial charge on any atom is 0.162 e. The first-order chi connectivity index (χ1) is 14.1. The molecule has 142 valence electrons. The summed E-state index contributed by atoms with van der Waals surface area (Å²) in [6, 6.07) is 13.3. The van der Waals surface area contributed by atoms with E-state index in [0.29, 0.717) is 28.6 Å². The van der Waals surface area contributed by atoms with Crippen molar-refractivity contribution < 1.29 is 9.13 Å². The van der Waals surface area contributed by atoms with Crippen LogP contribution in [0.25, 0.3) is 11.4 Å². The molecule has 0 unspecified atom stereocenters. The molecule has 3 heterocycles. The van der Waals surface area contributed by atoms with Crippen LogP contribution in [0.4, 0.5) is 4.39 Å². The van der Waals surface area contributed by atoms with Crippen molar-refractivity contribution >= 4 is 11.6 Å². The minimum atomic E-state index is -0.333. The van der Waals surface area contributed by atoms with E-state index in [0.717, 1.165) is 22.8 Å². The summed E-state index contributed by atoms with van der Waals surface area (Å²) >= 11 is 6.22. The van der Waals surface area contributed by atoms with Gasteiger partial charge in [-0.1, -0.05) is 16.8 Å². The van der Waals surface area contributed by atoms with Gasteiger partial charge in [0, 0.05) is 11.4 Å². The van der Waals surface area contributed by atoms with E-state index in [-0.39, 0.29) is 12.4 Å². The van der Waals surface area contributed by atoms with Gasteiger partial charge in [-0.15, -0.1) is 5.10 Å². The van der Waals surface area contributed by atoms with Gasteiger partial charge in [-0.25, -0.2) is 14.1 Å². The number of nitriles is 1. The first-order valence-corrected chi connectivity index (χ1v) is 9.10. The molecule has 0 bridgehead atoms. The van der Waals surface area contributed by atoms with Gasteiger partial charge in [-0.3, -0.25) is 4.57 Å². The lowest BCUT2D eigenvalue weighted by atomic mass is 10.1. The third kappa shape index (κ3) is 2.92. The smallest absolute Gasteiger partial charge is 0.162 e. The maximum atomic E-state index is 13.1. The van der Waals surface area contributed by atoms with E-state index >= 15 is 0 Å². The molecule has 4 aromatic rings. The van der Waals surface area contributed by atoms with Crippen molar-refractivity contribution in [3.63, 3.8) is 0 Å². The standard InChI is InChI=1S/C20H12ClFN6O/c21-12-1-6-17-20(7-12)28-19(8-18-15(9-23)24-11-27(17)18)16(25-26-28)10-29-14-4-2-13(22)3-5-14/h1-7,11H,8,10H2. The van der Waals surface area contributed by atoms with E-state index in [2.05, 4.69) is 21.4 Å². The average Bonchev–Trinajstić information content (AvgIpc) is 3.29. The summed E-state index contributed by atoms with van der Waals surface area (Å²) in [5.41, 5.74) is 3.98. The fourth-order valence-electron chi connectivity index (χ4n) is 3.37. The van der Waals surface area contributed by atoms with E-state index in [1.807, 2.05) is 10.6 Å². The number of benzene rings is 2. The molecule has 0 atom stereocenters. The molecule has 5 rings (SSSR count). The second-order valence-electron chi connectivity index (χ2n) is 6.47. The number of halogens is 2. The summed E-state index contributed by atoms with van der Waals surface area (Å²) in [7, 11) is 0. The quantitative estimate of drug-likeness (QED) is 0.457. The monoisotopic (exact) mass is 406 g/mol. The van der Waals surface area contributed by atoms with Gasteiger partial charge in [0.2, 0.25) is 0 Å². The first-order valence-electron chi connectivity index (χ1n) is 8.72. The summed E-state index contributed by atoms with van der Waals surface area (Å²) in [6.45, 7) is 0.146. The number of hydrogen-bond acceptors (Lipinski definition) is 5. The summed E-state index contributed by atoms with van der Waals surface area (Å²) in [6.07, 6.45) is 2.01. The average molecular weight is 407 g/mol. The summed E-state index contributed by atoms with van der Waals surface area (Å²) < 4.78 is 22.4. The van der Waals surface area contributed by atoms with Crippen LogP contribution < -0.4 is 4.74 Å². The van der Waals surface area contributed by atoms with Crippen molar-refractivity contribution in [3.05, 3.63) is 82.4 Å². The Labute approximate surface area is 169 Å². The summed E-state index contributed by atoms with van der Waals surface area (Å²) in [4.78, 5) is 4.22. The molecule has 1 aliphatic rings. The number of ether oxygens (including phenoxy) is 1. The van der Waals surface area contributed by atoms with Gasteiger partial charge in [0.05, 0.1) is 22.8 Å². The molecule has 0 fully saturated rings. The van der Waals surface area contributed by atoms with E-state index in [1.54, 1.807) is 35.3 Å². The zero-order valence-electron chi connectivity index (χ0n) is 14.9. The molecule has 0 radical (unpaired) electrons. The van der Waals surface area contributed by atoms with Crippen molar-refractivity contribution in [1.29, 1.82) is 5.26 Å². The first kappa shape index (κ1) is 17.4. The summed E-state index contributed by atoms with van der Waals surface area (Å²) in [5.74, 6) is 0.189. The molecule has 7 nitrogen and oxygen atoms in total. The Bertz CT molecular complexity index is 1270. The molecule has 2 aromatic heterocycles. The minimum Gasteiger partial charge on any atom is -0.487 e. The van der Waals surface area contributed by atoms with E-state index in [9.17, 15) is 9.65 Å².